The van der Waals surface area contributed by atoms with E-state index in [1.54, 1.807) is 26.0 Å². The summed E-state index contributed by atoms with van der Waals surface area (Å²) in [4.78, 5) is 37.3. The lowest BCUT2D eigenvalue weighted by Gasteiger charge is -2.45. The number of benzene rings is 1. The molecule has 25 heavy (non-hydrogen) atoms. The maximum absolute atomic E-state index is 12.7. The van der Waals surface area contributed by atoms with E-state index >= 15 is 0 Å². The van der Waals surface area contributed by atoms with Gasteiger partial charge < -0.3 is 5.32 Å². The molecule has 7 nitrogen and oxygen atoms in total. The number of halogens is 2. The van der Waals surface area contributed by atoms with Crippen molar-refractivity contribution in [3.05, 3.63) is 28.2 Å². The molecule has 3 rings (SSSR count). The third-order valence-corrected chi connectivity index (χ3v) is 4.80. The number of carbonyl (C=O) groups excluding carboxylic acids is 3. The Hall–Kier alpha value is -1.74. The summed E-state index contributed by atoms with van der Waals surface area (Å²) < 4.78 is 0. The van der Waals surface area contributed by atoms with E-state index in [4.69, 9.17) is 35.4 Å². The van der Waals surface area contributed by atoms with E-state index in [0.717, 1.165) is 0 Å². The lowest BCUT2D eigenvalue weighted by Crippen LogP contribution is -2.71. The second-order valence-electron chi connectivity index (χ2n) is 6.24. The second kappa shape index (κ2) is 6.21. The van der Waals surface area contributed by atoms with E-state index in [2.05, 4.69) is 10.6 Å². The summed E-state index contributed by atoms with van der Waals surface area (Å²) in [5.41, 5.74) is -0.724. The molecule has 0 aromatic heterocycles. The maximum atomic E-state index is 12.7. The molecule has 0 radical (unpaired) electrons. The highest BCUT2D eigenvalue weighted by Gasteiger charge is 2.56. The van der Waals surface area contributed by atoms with E-state index in [1.807, 2.05) is 0 Å². The minimum absolute atomic E-state index is 0.0320. The van der Waals surface area contributed by atoms with E-state index < -0.39 is 17.5 Å². The lowest BCUT2D eigenvalue weighted by molar-refractivity contribution is -0.154. The highest BCUT2D eigenvalue weighted by Crippen LogP contribution is 2.33. The summed E-state index contributed by atoms with van der Waals surface area (Å²) in [7, 11) is 0. The van der Waals surface area contributed by atoms with Crippen LogP contribution in [-0.4, -0.2) is 44.4 Å². The standard InChI is InChI=1S/C15H14Cl2N4O3S/c1-15(2)13(24)19-14(25)20-11(22)6-10(21(15)20)12(23)18-9-4-7(16)3-8(17)5-9/h3-5,10H,6H2,1-2H3,(H,18,23)(H,19,24,25)/t10-/m0/s1. The van der Waals surface area contributed by atoms with Crippen molar-refractivity contribution in [3.8, 4) is 0 Å². The van der Waals surface area contributed by atoms with Gasteiger partial charge in [0.15, 0.2) is 5.11 Å². The summed E-state index contributed by atoms with van der Waals surface area (Å²) in [5, 5.41) is 8.46. The Bertz CT molecular complexity index is 794. The number of nitrogens with one attached hydrogen (secondary N) is 2. The van der Waals surface area contributed by atoms with Crippen LogP contribution in [0.4, 0.5) is 5.69 Å². The summed E-state index contributed by atoms with van der Waals surface area (Å²) in [6.45, 7) is 3.23. The Morgan fingerprint density at radius 3 is 2.48 bits per heavy atom. The van der Waals surface area contributed by atoms with Gasteiger partial charge in [0.05, 0.1) is 6.42 Å². The Morgan fingerprint density at radius 2 is 1.88 bits per heavy atom. The van der Waals surface area contributed by atoms with Crippen molar-refractivity contribution in [2.75, 3.05) is 5.32 Å². The molecule has 3 amide bonds. The molecule has 1 aromatic carbocycles. The molecule has 2 aliphatic rings. The van der Waals surface area contributed by atoms with Gasteiger partial charge in [0.1, 0.15) is 11.6 Å². The first kappa shape index (κ1) is 18.1. The van der Waals surface area contributed by atoms with Gasteiger partial charge >= 0.3 is 0 Å². The van der Waals surface area contributed by atoms with Crippen LogP contribution in [0, 0.1) is 0 Å². The largest absolute Gasteiger partial charge is 0.325 e. The van der Waals surface area contributed by atoms with Crippen molar-refractivity contribution >= 4 is 63.9 Å². The van der Waals surface area contributed by atoms with Crippen molar-refractivity contribution < 1.29 is 14.4 Å². The maximum Gasteiger partial charge on any atom is 0.248 e. The first-order valence-electron chi connectivity index (χ1n) is 7.36. The molecule has 2 N–H and O–H groups in total. The van der Waals surface area contributed by atoms with Crippen molar-refractivity contribution in [3.63, 3.8) is 0 Å². The van der Waals surface area contributed by atoms with E-state index in [9.17, 15) is 14.4 Å². The van der Waals surface area contributed by atoms with Gasteiger partial charge in [-0.25, -0.2) is 5.01 Å². The van der Waals surface area contributed by atoms with Gasteiger partial charge in [-0.2, -0.15) is 5.01 Å². The van der Waals surface area contributed by atoms with Crippen LogP contribution in [0.2, 0.25) is 10.0 Å². The highest BCUT2D eigenvalue weighted by atomic mass is 35.5. The molecule has 10 heteroatoms. The summed E-state index contributed by atoms with van der Waals surface area (Å²) in [6, 6.07) is 3.73. The molecular formula is C15H14Cl2N4O3S. The molecular weight excluding hydrogens is 387 g/mol. The third-order valence-electron chi connectivity index (χ3n) is 4.09. The number of fused-ring (bicyclic) bond motifs is 1. The van der Waals surface area contributed by atoms with E-state index in [0.29, 0.717) is 15.7 Å². The molecule has 0 bridgehead atoms. The number of hydrogen-bond donors (Lipinski definition) is 2. The second-order valence-corrected chi connectivity index (χ2v) is 7.50. The van der Waals surface area contributed by atoms with Crippen LogP contribution < -0.4 is 10.6 Å². The number of hydrogen-bond acceptors (Lipinski definition) is 5. The zero-order valence-corrected chi connectivity index (χ0v) is 15.6. The number of thiocarbonyl (C=S) groups is 1. The fraction of sp³-hybridized carbons (Fsp3) is 0.333. The minimum atomic E-state index is -1.12. The van der Waals surface area contributed by atoms with Gasteiger partial charge in [-0.05, 0) is 44.3 Å². The van der Waals surface area contributed by atoms with Crippen LogP contribution in [-0.2, 0) is 14.4 Å². The van der Waals surface area contributed by atoms with Gasteiger partial charge in [-0.15, -0.1) is 0 Å². The zero-order chi connectivity index (χ0) is 18.5. The molecule has 2 fully saturated rings. The average Bonchev–Trinajstić information content (AvgIpc) is 2.83. The molecule has 2 aliphatic heterocycles. The van der Waals surface area contributed by atoms with Crippen LogP contribution >= 0.6 is 35.4 Å². The Labute approximate surface area is 159 Å². The number of amides is 3. The van der Waals surface area contributed by atoms with Gasteiger partial charge in [0, 0.05) is 15.7 Å². The monoisotopic (exact) mass is 400 g/mol. The van der Waals surface area contributed by atoms with Gasteiger partial charge in [0.2, 0.25) is 17.7 Å². The number of anilines is 1. The lowest BCUT2D eigenvalue weighted by atomic mass is 10.00. The van der Waals surface area contributed by atoms with E-state index in [1.165, 1.54) is 16.1 Å². The van der Waals surface area contributed by atoms with Gasteiger partial charge in [-0.3, -0.25) is 19.7 Å². The van der Waals surface area contributed by atoms with Crippen molar-refractivity contribution in [1.82, 2.24) is 15.3 Å². The minimum Gasteiger partial charge on any atom is -0.325 e. The van der Waals surface area contributed by atoms with Gasteiger partial charge in [0.25, 0.3) is 0 Å². The Balaban J connectivity index is 1.91. The topological polar surface area (TPSA) is 81.8 Å². The molecule has 0 unspecified atom stereocenters. The Morgan fingerprint density at radius 1 is 1.28 bits per heavy atom. The summed E-state index contributed by atoms with van der Waals surface area (Å²) in [5.74, 6) is -1.20. The van der Waals surface area contributed by atoms with Crippen LogP contribution in [0.3, 0.4) is 0 Å². The predicted octanol–water partition coefficient (Wildman–Crippen LogP) is 1.94. The van der Waals surface area contributed by atoms with Gasteiger partial charge in [-0.1, -0.05) is 23.2 Å². The third kappa shape index (κ3) is 3.10. The fourth-order valence-electron chi connectivity index (χ4n) is 2.91. The molecule has 0 spiro atoms. The number of carbonyl (C=O) groups is 3. The summed E-state index contributed by atoms with van der Waals surface area (Å²) in [6.07, 6.45) is -0.0986. The molecule has 0 saturated carbocycles. The van der Waals surface area contributed by atoms with Crippen molar-refractivity contribution in [1.29, 1.82) is 0 Å². The van der Waals surface area contributed by atoms with Crippen LogP contribution in [0.5, 0.6) is 0 Å². The van der Waals surface area contributed by atoms with Crippen molar-refractivity contribution in [2.45, 2.75) is 31.8 Å². The normalized spacial score (nSPS) is 22.6. The number of nitrogens with zero attached hydrogens (tertiary/aromatic N) is 2. The fourth-order valence-corrected chi connectivity index (χ4v) is 3.72. The molecule has 2 heterocycles. The van der Waals surface area contributed by atoms with Crippen LogP contribution in [0.15, 0.2) is 18.2 Å². The highest BCUT2D eigenvalue weighted by molar-refractivity contribution is 7.80. The predicted molar refractivity (Wildman–Crippen MR) is 97.0 cm³/mol. The van der Waals surface area contributed by atoms with Crippen LogP contribution in [0.25, 0.3) is 0 Å². The van der Waals surface area contributed by atoms with Crippen LogP contribution in [0.1, 0.15) is 20.3 Å². The molecule has 0 aliphatic carbocycles. The molecule has 1 aromatic rings. The number of rotatable bonds is 2. The Kier molecular flexibility index (Phi) is 4.48. The average molecular weight is 401 g/mol. The first-order chi connectivity index (χ1) is 11.6. The molecule has 2 saturated heterocycles. The first-order valence-corrected chi connectivity index (χ1v) is 8.52. The number of hydrazine groups is 1. The quantitative estimate of drug-likeness (QED) is 0.741. The van der Waals surface area contributed by atoms with Crippen molar-refractivity contribution in [2.24, 2.45) is 0 Å². The SMILES string of the molecule is CC1(C)C(=O)NC(=S)N2C(=O)C[C@@H](C(=O)Nc3cc(Cl)cc(Cl)c3)N21. The molecule has 1 atom stereocenters. The van der Waals surface area contributed by atoms with E-state index in [-0.39, 0.29) is 23.3 Å². The smallest absolute Gasteiger partial charge is 0.248 e. The zero-order valence-electron chi connectivity index (χ0n) is 13.3. The summed E-state index contributed by atoms with van der Waals surface area (Å²) >= 11 is 16.9. The molecule has 132 valence electrons.